The molecular weight excluding hydrogens is 555 g/mol. The molecule has 4 aromatic carbocycles. The number of hydrogen-bond donors (Lipinski definition) is 1. The quantitative estimate of drug-likeness (QED) is 0.258. The van der Waals surface area contributed by atoms with Crippen molar-refractivity contribution in [1.29, 1.82) is 0 Å². The summed E-state index contributed by atoms with van der Waals surface area (Å²) in [6, 6.07) is 25.6. The molecule has 3 heterocycles. The Bertz CT molecular complexity index is 1800. The molecule has 41 heavy (non-hydrogen) atoms. The zero-order chi connectivity index (χ0) is 28.5. The first-order chi connectivity index (χ1) is 19.8. The maximum absolute atomic E-state index is 14.8. The molecule has 7 heteroatoms. The van der Waals surface area contributed by atoms with E-state index in [1.54, 1.807) is 24.3 Å². The molecule has 3 aliphatic rings. The highest BCUT2D eigenvalue weighted by Gasteiger charge is 2.70. The van der Waals surface area contributed by atoms with Crippen LogP contribution < -0.4 is 5.32 Å². The van der Waals surface area contributed by atoms with Gasteiger partial charge in [-0.1, -0.05) is 95.5 Å². The number of ketones is 2. The molecular formula is C34H24Cl2N2O3. The van der Waals surface area contributed by atoms with Gasteiger partial charge in [-0.05, 0) is 54.0 Å². The highest BCUT2D eigenvalue weighted by molar-refractivity contribution is 6.37. The van der Waals surface area contributed by atoms with Crippen molar-refractivity contribution in [2.24, 2.45) is 5.92 Å². The number of aryl methyl sites for hydroxylation is 1. The van der Waals surface area contributed by atoms with Crippen LogP contribution in [0.3, 0.4) is 0 Å². The zero-order valence-electron chi connectivity index (χ0n) is 22.0. The molecule has 5 nitrogen and oxygen atoms in total. The second kappa shape index (κ2) is 9.44. The van der Waals surface area contributed by atoms with E-state index in [2.05, 4.69) is 5.32 Å². The molecule has 0 saturated carbocycles. The molecule has 0 aromatic heterocycles. The van der Waals surface area contributed by atoms with Crippen molar-refractivity contribution in [2.45, 2.75) is 24.4 Å². The van der Waals surface area contributed by atoms with Crippen LogP contribution in [0.2, 0.25) is 10.0 Å². The monoisotopic (exact) mass is 578 g/mol. The summed E-state index contributed by atoms with van der Waals surface area (Å²) in [5.41, 5.74) is 3.45. The Hall–Kier alpha value is -4.19. The lowest BCUT2D eigenvalue weighted by atomic mass is 9.62. The molecule has 202 valence electrons. The Balaban J connectivity index is 1.54. The number of carbonyl (C=O) groups is 3. The molecule has 1 spiro atoms. The van der Waals surface area contributed by atoms with Crippen LogP contribution in [0.5, 0.6) is 0 Å². The standard InChI is InChI=1S/C34H24Cl2N2O3/c1-19-10-12-21(13-11-19)30(39)28-29(31(40)24-15-14-22(35)18-26(24)36)38-17-16-20-6-2-3-7-23(20)32(38)34(28)25-8-4-5-9-27(25)37-33(34)41/h2-18,28-29,32H,1H3,(H,37,41)/t28-,29-,32-,34-/m1/s1. The molecule has 1 saturated heterocycles. The third-order valence-electron chi connectivity index (χ3n) is 8.65. The minimum Gasteiger partial charge on any atom is -0.358 e. The van der Waals surface area contributed by atoms with Crippen molar-refractivity contribution < 1.29 is 14.4 Å². The van der Waals surface area contributed by atoms with E-state index >= 15 is 0 Å². The van der Waals surface area contributed by atoms with Crippen LogP contribution in [0, 0.1) is 12.8 Å². The zero-order valence-corrected chi connectivity index (χ0v) is 23.5. The van der Waals surface area contributed by atoms with Crippen LogP contribution in [0.4, 0.5) is 5.69 Å². The van der Waals surface area contributed by atoms with Gasteiger partial charge >= 0.3 is 0 Å². The van der Waals surface area contributed by atoms with E-state index in [0.29, 0.717) is 21.8 Å². The summed E-state index contributed by atoms with van der Waals surface area (Å²) in [5, 5.41) is 3.65. The lowest BCUT2D eigenvalue weighted by molar-refractivity contribution is -0.122. The Morgan fingerprint density at radius 1 is 0.878 bits per heavy atom. The highest BCUT2D eigenvalue weighted by Crippen LogP contribution is 2.62. The summed E-state index contributed by atoms with van der Waals surface area (Å²) < 4.78 is 0. The van der Waals surface area contributed by atoms with Gasteiger partial charge in [-0.2, -0.15) is 0 Å². The van der Waals surface area contributed by atoms with Gasteiger partial charge in [0.15, 0.2) is 11.6 Å². The fourth-order valence-corrected chi connectivity index (χ4v) is 7.42. The second-order valence-electron chi connectivity index (χ2n) is 10.8. The first-order valence-corrected chi connectivity index (χ1v) is 14.1. The fraction of sp³-hybridized carbons (Fsp3) is 0.147. The van der Waals surface area contributed by atoms with Gasteiger partial charge < -0.3 is 10.2 Å². The number of Topliss-reactive ketones (excluding diaryl/α,β-unsaturated/α-hetero) is 2. The van der Waals surface area contributed by atoms with E-state index in [0.717, 1.165) is 16.7 Å². The normalized spacial score (nSPS) is 23.6. The van der Waals surface area contributed by atoms with Gasteiger partial charge in [0.1, 0.15) is 11.5 Å². The number of fused-ring (bicyclic) bond motifs is 6. The summed E-state index contributed by atoms with van der Waals surface area (Å²) in [7, 11) is 0. The Morgan fingerprint density at radius 3 is 2.39 bits per heavy atom. The molecule has 4 aromatic rings. The number of nitrogens with one attached hydrogen (secondary N) is 1. The number of anilines is 1. The summed E-state index contributed by atoms with van der Waals surface area (Å²) in [4.78, 5) is 45.8. The Morgan fingerprint density at radius 2 is 1.61 bits per heavy atom. The number of rotatable bonds is 4. The van der Waals surface area contributed by atoms with Crippen LogP contribution in [0.15, 0.2) is 97.2 Å². The minimum absolute atomic E-state index is 0.194. The predicted molar refractivity (Wildman–Crippen MR) is 160 cm³/mol. The molecule has 1 amide bonds. The Labute approximate surface area is 247 Å². The first-order valence-electron chi connectivity index (χ1n) is 13.4. The van der Waals surface area contributed by atoms with Crippen molar-refractivity contribution in [3.05, 3.63) is 141 Å². The number of hydrogen-bond acceptors (Lipinski definition) is 4. The average Bonchev–Trinajstić information content (AvgIpc) is 3.45. The minimum atomic E-state index is -1.39. The average molecular weight is 579 g/mol. The van der Waals surface area contributed by atoms with Gasteiger partial charge in [-0.15, -0.1) is 0 Å². The smallest absolute Gasteiger partial charge is 0.238 e. The van der Waals surface area contributed by atoms with Crippen molar-refractivity contribution in [2.75, 3.05) is 5.32 Å². The number of carbonyl (C=O) groups excluding carboxylic acids is 3. The lowest BCUT2D eigenvalue weighted by Gasteiger charge is -2.38. The van der Waals surface area contributed by atoms with E-state index in [4.69, 9.17) is 23.2 Å². The number of para-hydroxylation sites is 1. The van der Waals surface area contributed by atoms with Crippen molar-refractivity contribution in [1.82, 2.24) is 4.90 Å². The van der Waals surface area contributed by atoms with Gasteiger partial charge in [0, 0.05) is 28.0 Å². The topological polar surface area (TPSA) is 66.5 Å². The maximum Gasteiger partial charge on any atom is 0.238 e. The van der Waals surface area contributed by atoms with E-state index in [1.807, 2.05) is 84.8 Å². The van der Waals surface area contributed by atoms with E-state index in [-0.39, 0.29) is 28.1 Å². The van der Waals surface area contributed by atoms with Gasteiger partial charge in [-0.3, -0.25) is 14.4 Å². The van der Waals surface area contributed by atoms with E-state index < -0.39 is 23.4 Å². The maximum atomic E-state index is 14.8. The number of amides is 1. The molecule has 1 N–H and O–H groups in total. The summed E-state index contributed by atoms with van der Waals surface area (Å²) >= 11 is 12.7. The molecule has 0 unspecified atom stereocenters. The van der Waals surface area contributed by atoms with Crippen molar-refractivity contribution in [3.63, 3.8) is 0 Å². The molecule has 1 fully saturated rings. The molecule has 3 aliphatic heterocycles. The molecule has 0 aliphatic carbocycles. The van der Waals surface area contributed by atoms with Crippen LogP contribution in [-0.2, 0) is 10.2 Å². The van der Waals surface area contributed by atoms with Crippen LogP contribution in [0.1, 0.15) is 49.0 Å². The third-order valence-corrected chi connectivity index (χ3v) is 9.20. The lowest BCUT2D eigenvalue weighted by Crippen LogP contribution is -2.49. The molecule has 7 rings (SSSR count). The van der Waals surface area contributed by atoms with Gasteiger partial charge in [0.05, 0.1) is 17.0 Å². The molecule has 0 radical (unpaired) electrons. The SMILES string of the molecule is Cc1ccc(C(=O)[C@H]2[C@H](C(=O)c3ccc(Cl)cc3Cl)N3C=Cc4ccccc4[C@@H]3[C@]23C(=O)Nc2ccccc23)cc1. The summed E-state index contributed by atoms with van der Waals surface area (Å²) in [5.74, 6) is -1.99. The number of nitrogens with zero attached hydrogens (tertiary/aromatic N) is 1. The van der Waals surface area contributed by atoms with Gasteiger partial charge in [0.25, 0.3) is 0 Å². The van der Waals surface area contributed by atoms with Crippen LogP contribution in [0.25, 0.3) is 6.08 Å². The van der Waals surface area contributed by atoms with Crippen molar-refractivity contribution in [3.8, 4) is 0 Å². The summed E-state index contributed by atoms with van der Waals surface area (Å²) in [6.07, 6.45) is 3.78. The van der Waals surface area contributed by atoms with Gasteiger partial charge in [-0.25, -0.2) is 0 Å². The largest absolute Gasteiger partial charge is 0.358 e. The summed E-state index contributed by atoms with van der Waals surface area (Å²) in [6.45, 7) is 1.95. The van der Waals surface area contributed by atoms with Crippen LogP contribution in [-0.4, -0.2) is 28.4 Å². The molecule has 4 atom stereocenters. The number of halogens is 2. The number of benzene rings is 4. The highest BCUT2D eigenvalue weighted by atomic mass is 35.5. The predicted octanol–water partition coefficient (Wildman–Crippen LogP) is 7.28. The molecule has 0 bridgehead atoms. The van der Waals surface area contributed by atoms with E-state index in [9.17, 15) is 14.4 Å². The fourth-order valence-electron chi connectivity index (χ4n) is 6.91. The third kappa shape index (κ3) is 3.66. The second-order valence-corrected chi connectivity index (χ2v) is 11.6. The van der Waals surface area contributed by atoms with E-state index in [1.165, 1.54) is 6.07 Å². The Kier molecular flexibility index (Phi) is 5.93. The van der Waals surface area contributed by atoms with Crippen LogP contribution >= 0.6 is 23.2 Å². The van der Waals surface area contributed by atoms with Gasteiger partial charge in [0.2, 0.25) is 5.91 Å². The van der Waals surface area contributed by atoms with Crippen molar-refractivity contribution >= 4 is 52.4 Å². The first kappa shape index (κ1) is 25.8.